The smallest absolute Gasteiger partial charge is 0.237 e. The van der Waals surface area contributed by atoms with Crippen molar-refractivity contribution in [2.45, 2.75) is 32.7 Å². The van der Waals surface area contributed by atoms with E-state index in [1.807, 2.05) is 0 Å². The molecule has 0 aromatic carbocycles. The molecule has 2 amide bonds. The molecule has 0 fully saturated rings. The zero-order valence-corrected chi connectivity index (χ0v) is 10.6. The van der Waals surface area contributed by atoms with Crippen molar-refractivity contribution in [3.05, 3.63) is 0 Å². The number of hydrogen-bond acceptors (Lipinski definition) is 4. The minimum absolute atomic E-state index is 0.139. The molecule has 0 aromatic heterocycles. The first-order chi connectivity index (χ1) is 7.93. The number of amides is 2. The average Bonchev–Trinajstić information content (AvgIpc) is 2.21. The SMILES string of the molecule is CC(C)CCOCCNC(=O)C(N)CC(N)=O. The lowest BCUT2D eigenvalue weighted by Crippen LogP contribution is -2.43. The Balaban J connectivity index is 3.48. The Morgan fingerprint density at radius 1 is 1.29 bits per heavy atom. The summed E-state index contributed by atoms with van der Waals surface area (Å²) in [7, 11) is 0. The van der Waals surface area contributed by atoms with Crippen LogP contribution in [0.5, 0.6) is 0 Å². The lowest BCUT2D eigenvalue weighted by Gasteiger charge is -2.11. The Bertz CT molecular complexity index is 244. The highest BCUT2D eigenvalue weighted by Crippen LogP contribution is 1.98. The van der Waals surface area contributed by atoms with E-state index in [4.69, 9.17) is 16.2 Å². The number of ether oxygens (including phenoxy) is 1. The molecule has 6 heteroatoms. The highest BCUT2D eigenvalue weighted by atomic mass is 16.5. The molecular formula is C11H23N3O3. The highest BCUT2D eigenvalue weighted by molar-refractivity contribution is 5.87. The van der Waals surface area contributed by atoms with Gasteiger partial charge in [0.2, 0.25) is 11.8 Å². The summed E-state index contributed by atoms with van der Waals surface area (Å²) in [6.45, 7) is 5.76. The van der Waals surface area contributed by atoms with Gasteiger partial charge in [-0.25, -0.2) is 0 Å². The molecule has 100 valence electrons. The molecule has 0 bridgehead atoms. The van der Waals surface area contributed by atoms with Gasteiger partial charge in [0.25, 0.3) is 0 Å². The normalized spacial score (nSPS) is 12.5. The minimum Gasteiger partial charge on any atom is -0.380 e. The van der Waals surface area contributed by atoms with Crippen LogP contribution in [0, 0.1) is 5.92 Å². The molecule has 0 spiro atoms. The number of rotatable bonds is 9. The van der Waals surface area contributed by atoms with Crippen molar-refractivity contribution >= 4 is 11.8 Å². The lowest BCUT2D eigenvalue weighted by molar-refractivity contribution is -0.126. The first-order valence-electron chi connectivity index (χ1n) is 5.82. The van der Waals surface area contributed by atoms with E-state index < -0.39 is 11.9 Å². The second-order valence-electron chi connectivity index (χ2n) is 4.36. The van der Waals surface area contributed by atoms with Crippen LogP contribution in [0.1, 0.15) is 26.7 Å². The first-order valence-corrected chi connectivity index (χ1v) is 5.82. The van der Waals surface area contributed by atoms with Crippen molar-refractivity contribution in [3.63, 3.8) is 0 Å². The largest absolute Gasteiger partial charge is 0.380 e. The van der Waals surface area contributed by atoms with Crippen molar-refractivity contribution in [3.8, 4) is 0 Å². The fourth-order valence-corrected chi connectivity index (χ4v) is 1.11. The molecule has 0 aliphatic rings. The number of carbonyl (C=O) groups is 2. The maximum absolute atomic E-state index is 11.3. The van der Waals surface area contributed by atoms with E-state index in [0.29, 0.717) is 25.7 Å². The molecule has 1 unspecified atom stereocenters. The Labute approximate surface area is 102 Å². The molecule has 0 saturated carbocycles. The Kier molecular flexibility index (Phi) is 8.35. The number of carbonyl (C=O) groups excluding carboxylic acids is 2. The molecule has 5 N–H and O–H groups in total. The summed E-state index contributed by atoms with van der Waals surface area (Å²) < 4.78 is 5.31. The van der Waals surface area contributed by atoms with Crippen LogP contribution in [0.25, 0.3) is 0 Å². The summed E-state index contributed by atoms with van der Waals surface area (Å²) in [4.78, 5) is 21.9. The molecule has 1 atom stereocenters. The number of nitrogens with two attached hydrogens (primary N) is 2. The third-order valence-electron chi connectivity index (χ3n) is 2.14. The van der Waals surface area contributed by atoms with Crippen LogP contribution in [-0.4, -0.2) is 37.6 Å². The van der Waals surface area contributed by atoms with E-state index in [9.17, 15) is 9.59 Å². The van der Waals surface area contributed by atoms with E-state index in [2.05, 4.69) is 19.2 Å². The van der Waals surface area contributed by atoms with Crippen LogP contribution in [0.4, 0.5) is 0 Å². The number of nitrogens with one attached hydrogen (secondary N) is 1. The van der Waals surface area contributed by atoms with Gasteiger partial charge in [0.1, 0.15) is 0 Å². The monoisotopic (exact) mass is 245 g/mol. The quantitative estimate of drug-likeness (QED) is 0.470. The second-order valence-corrected chi connectivity index (χ2v) is 4.36. The molecule has 0 saturated heterocycles. The van der Waals surface area contributed by atoms with Crippen LogP contribution in [-0.2, 0) is 14.3 Å². The lowest BCUT2D eigenvalue weighted by atomic mass is 10.1. The molecule has 0 aliphatic carbocycles. The van der Waals surface area contributed by atoms with Gasteiger partial charge >= 0.3 is 0 Å². The van der Waals surface area contributed by atoms with Crippen molar-refractivity contribution in [1.82, 2.24) is 5.32 Å². The molecule has 0 rings (SSSR count). The van der Waals surface area contributed by atoms with Gasteiger partial charge in [-0.2, -0.15) is 0 Å². The van der Waals surface area contributed by atoms with Crippen LogP contribution >= 0.6 is 0 Å². The Morgan fingerprint density at radius 3 is 2.47 bits per heavy atom. The van der Waals surface area contributed by atoms with Gasteiger partial charge in [0.15, 0.2) is 0 Å². The van der Waals surface area contributed by atoms with Gasteiger partial charge in [0.05, 0.1) is 19.1 Å². The first kappa shape index (κ1) is 15.9. The van der Waals surface area contributed by atoms with Crippen LogP contribution in [0.15, 0.2) is 0 Å². The van der Waals surface area contributed by atoms with Crippen molar-refractivity contribution in [1.29, 1.82) is 0 Å². The molecule has 6 nitrogen and oxygen atoms in total. The minimum atomic E-state index is -0.872. The van der Waals surface area contributed by atoms with E-state index in [-0.39, 0.29) is 12.3 Å². The van der Waals surface area contributed by atoms with Gasteiger partial charge in [-0.3, -0.25) is 9.59 Å². The fourth-order valence-electron chi connectivity index (χ4n) is 1.11. The maximum Gasteiger partial charge on any atom is 0.237 e. The van der Waals surface area contributed by atoms with Crippen LogP contribution in [0.3, 0.4) is 0 Å². The summed E-state index contributed by atoms with van der Waals surface area (Å²) in [6.07, 6.45) is 0.856. The Hall–Kier alpha value is -1.14. The van der Waals surface area contributed by atoms with Gasteiger partial charge in [0, 0.05) is 13.2 Å². The van der Waals surface area contributed by atoms with Crippen molar-refractivity contribution < 1.29 is 14.3 Å². The summed E-state index contributed by atoms with van der Waals surface area (Å²) in [6, 6.07) is -0.872. The van der Waals surface area contributed by atoms with Crippen molar-refractivity contribution in [2.24, 2.45) is 17.4 Å². The zero-order chi connectivity index (χ0) is 13.3. The second kappa shape index (κ2) is 8.95. The molecule has 17 heavy (non-hydrogen) atoms. The predicted molar refractivity (Wildman–Crippen MR) is 65.1 cm³/mol. The van der Waals surface area contributed by atoms with Gasteiger partial charge in [-0.15, -0.1) is 0 Å². The van der Waals surface area contributed by atoms with E-state index in [1.54, 1.807) is 0 Å². The van der Waals surface area contributed by atoms with E-state index in [1.165, 1.54) is 0 Å². The summed E-state index contributed by atoms with van der Waals surface area (Å²) >= 11 is 0. The van der Waals surface area contributed by atoms with Gasteiger partial charge < -0.3 is 21.5 Å². The highest BCUT2D eigenvalue weighted by Gasteiger charge is 2.14. The summed E-state index contributed by atoms with van der Waals surface area (Å²) in [5.74, 6) is -0.356. The van der Waals surface area contributed by atoms with Crippen LogP contribution < -0.4 is 16.8 Å². The topological polar surface area (TPSA) is 107 Å². The van der Waals surface area contributed by atoms with Crippen LogP contribution in [0.2, 0.25) is 0 Å². The van der Waals surface area contributed by atoms with E-state index in [0.717, 1.165) is 6.42 Å². The summed E-state index contributed by atoms with van der Waals surface area (Å²) in [5.41, 5.74) is 10.4. The predicted octanol–water partition coefficient (Wildman–Crippen LogP) is -0.632. The third kappa shape index (κ3) is 9.77. The van der Waals surface area contributed by atoms with Crippen molar-refractivity contribution in [2.75, 3.05) is 19.8 Å². The summed E-state index contributed by atoms with van der Waals surface area (Å²) in [5, 5.41) is 2.58. The standard InChI is InChI=1S/C11H23N3O3/c1-8(2)3-5-17-6-4-14-11(16)9(12)7-10(13)15/h8-9H,3-7,12H2,1-2H3,(H2,13,15)(H,14,16). The third-order valence-corrected chi connectivity index (χ3v) is 2.14. The molecule has 0 heterocycles. The molecule has 0 aromatic rings. The molecular weight excluding hydrogens is 222 g/mol. The Morgan fingerprint density at radius 2 is 1.94 bits per heavy atom. The number of primary amides is 1. The van der Waals surface area contributed by atoms with E-state index >= 15 is 0 Å². The van der Waals surface area contributed by atoms with Gasteiger partial charge in [-0.1, -0.05) is 13.8 Å². The zero-order valence-electron chi connectivity index (χ0n) is 10.6. The number of hydrogen-bond donors (Lipinski definition) is 3. The average molecular weight is 245 g/mol. The van der Waals surface area contributed by atoms with Gasteiger partial charge in [-0.05, 0) is 12.3 Å². The molecule has 0 radical (unpaired) electrons. The maximum atomic E-state index is 11.3. The molecule has 0 aliphatic heterocycles. The fraction of sp³-hybridized carbons (Fsp3) is 0.818.